The van der Waals surface area contributed by atoms with E-state index in [-0.39, 0.29) is 5.02 Å². The number of benzene rings is 1. The molecule has 0 amide bonds. The molecule has 2 heterocycles. The summed E-state index contributed by atoms with van der Waals surface area (Å²) in [4.78, 5) is 15.2. The van der Waals surface area contributed by atoms with Gasteiger partial charge in [0.1, 0.15) is 17.7 Å². The van der Waals surface area contributed by atoms with Crippen LogP contribution in [0.2, 0.25) is 5.02 Å². The van der Waals surface area contributed by atoms with Crippen molar-refractivity contribution in [3.05, 3.63) is 47.3 Å². The van der Waals surface area contributed by atoms with Gasteiger partial charge < -0.3 is 10.3 Å². The number of anilines is 1. The van der Waals surface area contributed by atoms with E-state index in [9.17, 15) is 4.39 Å². The van der Waals surface area contributed by atoms with Crippen LogP contribution in [0, 0.1) is 5.82 Å². The number of nitrogens with one attached hydrogen (secondary N) is 2. The smallest absolute Gasteiger partial charge is 0.182 e. The highest BCUT2D eigenvalue weighted by Gasteiger charge is 2.06. The topological polar surface area (TPSA) is 66.5 Å². The number of halogens is 2. The molecular formula is C12H9ClFN5. The minimum Gasteiger partial charge on any atom is -0.364 e. The molecule has 2 aromatic heterocycles. The Morgan fingerprint density at radius 3 is 3.00 bits per heavy atom. The summed E-state index contributed by atoms with van der Waals surface area (Å²) >= 11 is 5.73. The van der Waals surface area contributed by atoms with Gasteiger partial charge in [-0.15, -0.1) is 0 Å². The molecule has 7 heteroatoms. The van der Waals surface area contributed by atoms with Gasteiger partial charge in [0.2, 0.25) is 0 Å². The molecule has 3 aromatic rings. The van der Waals surface area contributed by atoms with Crippen LogP contribution in [0.5, 0.6) is 0 Å². The fourth-order valence-electron chi connectivity index (χ4n) is 1.73. The fraction of sp³-hybridized carbons (Fsp3) is 0.0833. The molecule has 0 bridgehead atoms. The van der Waals surface area contributed by atoms with E-state index in [0.717, 1.165) is 11.1 Å². The summed E-state index contributed by atoms with van der Waals surface area (Å²) in [6.07, 6.45) is 2.99. The van der Waals surface area contributed by atoms with E-state index >= 15 is 0 Å². The Kier molecular flexibility index (Phi) is 3.00. The van der Waals surface area contributed by atoms with E-state index in [4.69, 9.17) is 11.6 Å². The van der Waals surface area contributed by atoms with Gasteiger partial charge in [0.15, 0.2) is 11.5 Å². The van der Waals surface area contributed by atoms with Crippen molar-refractivity contribution >= 4 is 28.6 Å². The lowest BCUT2D eigenvalue weighted by atomic mass is 10.2. The van der Waals surface area contributed by atoms with E-state index in [1.807, 2.05) is 0 Å². The Morgan fingerprint density at radius 2 is 2.16 bits per heavy atom. The number of aromatic nitrogens is 4. The first kappa shape index (κ1) is 11.9. The normalized spacial score (nSPS) is 10.8. The lowest BCUT2D eigenvalue weighted by molar-refractivity contribution is 0.627. The Bertz CT molecular complexity index is 727. The van der Waals surface area contributed by atoms with Crippen molar-refractivity contribution in [2.75, 3.05) is 5.32 Å². The Morgan fingerprint density at radius 1 is 1.26 bits per heavy atom. The largest absolute Gasteiger partial charge is 0.364 e. The zero-order valence-corrected chi connectivity index (χ0v) is 10.4. The molecule has 19 heavy (non-hydrogen) atoms. The van der Waals surface area contributed by atoms with Crippen LogP contribution in [0.4, 0.5) is 10.2 Å². The number of fused-ring (bicyclic) bond motifs is 1. The molecule has 0 aliphatic rings. The van der Waals surface area contributed by atoms with Gasteiger partial charge in [-0.05, 0) is 17.7 Å². The zero-order valence-electron chi connectivity index (χ0n) is 9.69. The summed E-state index contributed by atoms with van der Waals surface area (Å²) in [7, 11) is 0. The zero-order chi connectivity index (χ0) is 13.2. The lowest BCUT2D eigenvalue weighted by Gasteiger charge is -2.06. The highest BCUT2D eigenvalue weighted by atomic mass is 35.5. The SMILES string of the molecule is Fc1ccc(CNc2ncnc3nc[nH]c23)cc1Cl. The van der Waals surface area contributed by atoms with Crippen LogP contribution in [0.1, 0.15) is 5.56 Å². The number of nitrogens with zero attached hydrogens (tertiary/aromatic N) is 3. The summed E-state index contributed by atoms with van der Waals surface area (Å²) < 4.78 is 13.0. The molecule has 0 saturated heterocycles. The van der Waals surface area contributed by atoms with Crippen LogP contribution in [-0.2, 0) is 6.54 Å². The van der Waals surface area contributed by atoms with Crippen LogP contribution in [0.25, 0.3) is 11.2 Å². The van der Waals surface area contributed by atoms with Gasteiger partial charge in [-0.3, -0.25) is 0 Å². The number of hydrogen-bond donors (Lipinski definition) is 2. The van der Waals surface area contributed by atoms with Crippen LogP contribution in [-0.4, -0.2) is 19.9 Å². The second kappa shape index (κ2) is 4.81. The minimum absolute atomic E-state index is 0.105. The third kappa shape index (κ3) is 2.34. The molecule has 0 aliphatic heterocycles. The van der Waals surface area contributed by atoms with Crippen LogP contribution < -0.4 is 5.32 Å². The molecule has 3 rings (SSSR count). The van der Waals surface area contributed by atoms with E-state index in [1.165, 1.54) is 12.4 Å². The predicted molar refractivity (Wildman–Crippen MR) is 70.4 cm³/mol. The van der Waals surface area contributed by atoms with Crippen molar-refractivity contribution in [3.63, 3.8) is 0 Å². The summed E-state index contributed by atoms with van der Waals surface area (Å²) in [6.45, 7) is 0.477. The second-order valence-electron chi connectivity index (χ2n) is 3.93. The van der Waals surface area contributed by atoms with Crippen molar-refractivity contribution in [2.45, 2.75) is 6.54 Å². The van der Waals surface area contributed by atoms with Crippen LogP contribution in [0.15, 0.2) is 30.9 Å². The predicted octanol–water partition coefficient (Wildman–Crippen LogP) is 2.76. The molecule has 0 radical (unpaired) electrons. The van der Waals surface area contributed by atoms with E-state index in [0.29, 0.717) is 18.0 Å². The molecule has 0 saturated carbocycles. The molecule has 96 valence electrons. The van der Waals surface area contributed by atoms with Gasteiger partial charge in [0.05, 0.1) is 11.3 Å². The minimum atomic E-state index is -0.427. The van der Waals surface area contributed by atoms with Gasteiger partial charge >= 0.3 is 0 Å². The van der Waals surface area contributed by atoms with Crippen LogP contribution in [0.3, 0.4) is 0 Å². The first-order valence-electron chi connectivity index (χ1n) is 5.56. The summed E-state index contributed by atoms with van der Waals surface area (Å²) in [6, 6.07) is 4.58. The third-order valence-electron chi connectivity index (χ3n) is 2.67. The highest BCUT2D eigenvalue weighted by molar-refractivity contribution is 6.30. The number of H-pyrrole nitrogens is 1. The van der Waals surface area contributed by atoms with Gasteiger partial charge in [-0.1, -0.05) is 17.7 Å². The molecule has 0 aliphatic carbocycles. The molecule has 5 nitrogen and oxygen atoms in total. The fourth-order valence-corrected chi connectivity index (χ4v) is 1.94. The van der Waals surface area contributed by atoms with Gasteiger partial charge in [-0.2, -0.15) is 0 Å². The van der Waals surface area contributed by atoms with Crippen molar-refractivity contribution in [1.29, 1.82) is 0 Å². The standard InChI is InChI=1S/C12H9ClFN5/c13-8-3-7(1-2-9(8)14)4-15-11-10-12(17-5-16-10)19-6-18-11/h1-3,5-6H,4H2,(H2,15,16,17,18,19). The number of aromatic amines is 1. The van der Waals surface area contributed by atoms with Crippen molar-refractivity contribution in [1.82, 2.24) is 19.9 Å². The van der Waals surface area contributed by atoms with E-state index in [2.05, 4.69) is 25.3 Å². The first-order chi connectivity index (χ1) is 9.24. The number of rotatable bonds is 3. The van der Waals surface area contributed by atoms with E-state index in [1.54, 1.807) is 18.5 Å². The molecule has 0 unspecified atom stereocenters. The maximum absolute atomic E-state index is 13.0. The van der Waals surface area contributed by atoms with Gasteiger partial charge in [0, 0.05) is 6.54 Å². The second-order valence-corrected chi connectivity index (χ2v) is 4.33. The van der Waals surface area contributed by atoms with Crippen molar-refractivity contribution in [3.8, 4) is 0 Å². The molecular weight excluding hydrogens is 269 g/mol. The average molecular weight is 278 g/mol. The Hall–Kier alpha value is -2.21. The Balaban J connectivity index is 1.82. The average Bonchev–Trinajstić information content (AvgIpc) is 2.89. The maximum Gasteiger partial charge on any atom is 0.182 e. The quantitative estimate of drug-likeness (QED) is 0.772. The van der Waals surface area contributed by atoms with E-state index < -0.39 is 5.82 Å². The molecule has 0 fully saturated rings. The summed E-state index contributed by atoms with van der Waals surface area (Å²) in [5, 5.41) is 3.24. The first-order valence-corrected chi connectivity index (χ1v) is 5.94. The maximum atomic E-state index is 13.0. The molecule has 1 aromatic carbocycles. The van der Waals surface area contributed by atoms with Crippen LogP contribution >= 0.6 is 11.6 Å². The number of hydrogen-bond acceptors (Lipinski definition) is 4. The van der Waals surface area contributed by atoms with Crippen molar-refractivity contribution in [2.24, 2.45) is 0 Å². The summed E-state index contributed by atoms with van der Waals surface area (Å²) in [5.74, 6) is 0.214. The molecule has 0 atom stereocenters. The van der Waals surface area contributed by atoms with Gasteiger partial charge in [0.25, 0.3) is 0 Å². The Labute approximate surface area is 112 Å². The number of imidazole rings is 1. The monoisotopic (exact) mass is 277 g/mol. The third-order valence-corrected chi connectivity index (χ3v) is 2.96. The highest BCUT2D eigenvalue weighted by Crippen LogP contribution is 2.18. The molecule has 0 spiro atoms. The summed E-state index contributed by atoms with van der Waals surface area (Å²) in [5.41, 5.74) is 2.18. The lowest BCUT2D eigenvalue weighted by Crippen LogP contribution is -2.02. The molecule has 2 N–H and O–H groups in total. The van der Waals surface area contributed by atoms with Gasteiger partial charge in [-0.25, -0.2) is 19.3 Å². The van der Waals surface area contributed by atoms with Crippen molar-refractivity contribution < 1.29 is 4.39 Å².